The lowest BCUT2D eigenvalue weighted by molar-refractivity contribution is -0.0557. The molecule has 2 aliphatic rings. The highest BCUT2D eigenvalue weighted by molar-refractivity contribution is 7.91. The Balaban J connectivity index is 1.97. The van der Waals surface area contributed by atoms with Gasteiger partial charge in [-0.2, -0.15) is 0 Å². The molecule has 6 heteroatoms. The predicted octanol–water partition coefficient (Wildman–Crippen LogP) is 0.390. The van der Waals surface area contributed by atoms with E-state index in [1.807, 2.05) is 6.92 Å². The van der Waals surface area contributed by atoms with Gasteiger partial charge in [-0.05, 0) is 26.2 Å². The molecule has 19 heavy (non-hydrogen) atoms. The summed E-state index contributed by atoms with van der Waals surface area (Å²) in [5, 5.41) is -0.164. The van der Waals surface area contributed by atoms with Gasteiger partial charge in [0.25, 0.3) is 0 Å². The third kappa shape index (κ3) is 3.90. The number of rotatable bonds is 3. The molecule has 0 amide bonds. The van der Waals surface area contributed by atoms with Crippen LogP contribution in [0.4, 0.5) is 0 Å². The molecule has 2 rings (SSSR count). The quantitative estimate of drug-likeness (QED) is 0.814. The summed E-state index contributed by atoms with van der Waals surface area (Å²) in [5.74, 6) is 0. The summed E-state index contributed by atoms with van der Waals surface area (Å²) in [6, 6.07) is 0.399. The van der Waals surface area contributed by atoms with Crippen LogP contribution in [0.1, 0.15) is 32.6 Å². The monoisotopic (exact) mass is 290 g/mol. The highest BCUT2D eigenvalue weighted by Crippen LogP contribution is 2.28. The first kappa shape index (κ1) is 15.2. The zero-order valence-corrected chi connectivity index (χ0v) is 12.7. The van der Waals surface area contributed by atoms with E-state index in [0.717, 1.165) is 38.8 Å². The van der Waals surface area contributed by atoms with Crippen molar-refractivity contribution in [3.63, 3.8) is 0 Å². The van der Waals surface area contributed by atoms with Crippen LogP contribution in [0.3, 0.4) is 0 Å². The summed E-state index contributed by atoms with van der Waals surface area (Å²) in [4.78, 5) is 2.38. The standard InChI is InChI=1S/C13H26N2O3S/c1-10(14)13-9-15(6-7-18-13)11-4-3-5-12(8-11)19(2,16)17/h10-13H,3-9,14H2,1-2H3. The van der Waals surface area contributed by atoms with Gasteiger partial charge in [-0.15, -0.1) is 0 Å². The van der Waals surface area contributed by atoms with E-state index in [4.69, 9.17) is 10.5 Å². The Bertz CT molecular complexity index is 397. The first-order valence-electron chi connectivity index (χ1n) is 7.18. The molecule has 2 N–H and O–H groups in total. The van der Waals surface area contributed by atoms with Gasteiger partial charge in [0.15, 0.2) is 0 Å². The molecule has 0 aromatic carbocycles. The Labute approximate surface area is 116 Å². The minimum Gasteiger partial charge on any atom is -0.374 e. The lowest BCUT2D eigenvalue weighted by Gasteiger charge is -2.42. The smallest absolute Gasteiger partial charge is 0.150 e. The van der Waals surface area contributed by atoms with Crippen LogP contribution in [0.5, 0.6) is 0 Å². The molecule has 0 radical (unpaired) electrons. The molecular weight excluding hydrogens is 264 g/mol. The molecule has 1 saturated carbocycles. The molecule has 1 heterocycles. The van der Waals surface area contributed by atoms with Crippen molar-refractivity contribution in [3.8, 4) is 0 Å². The molecular formula is C13H26N2O3S. The molecule has 0 bridgehead atoms. The van der Waals surface area contributed by atoms with Gasteiger partial charge in [-0.1, -0.05) is 6.42 Å². The van der Waals surface area contributed by atoms with Crippen molar-refractivity contribution >= 4 is 9.84 Å². The second-order valence-electron chi connectivity index (χ2n) is 6.04. The summed E-state index contributed by atoms with van der Waals surface area (Å²) in [6.07, 6.45) is 5.12. The molecule has 5 nitrogen and oxygen atoms in total. The van der Waals surface area contributed by atoms with E-state index < -0.39 is 9.84 Å². The van der Waals surface area contributed by atoms with E-state index in [9.17, 15) is 8.42 Å². The molecule has 0 aromatic heterocycles. The van der Waals surface area contributed by atoms with Crippen molar-refractivity contribution in [3.05, 3.63) is 0 Å². The van der Waals surface area contributed by atoms with Gasteiger partial charge in [0, 0.05) is 31.4 Å². The number of sulfone groups is 1. The molecule has 1 aliphatic heterocycles. The zero-order chi connectivity index (χ0) is 14.0. The maximum absolute atomic E-state index is 11.7. The summed E-state index contributed by atoms with van der Waals surface area (Å²) in [7, 11) is -2.91. The Morgan fingerprint density at radius 2 is 2.11 bits per heavy atom. The number of hydrogen-bond donors (Lipinski definition) is 1. The maximum atomic E-state index is 11.7. The Hall–Kier alpha value is -0.170. The van der Waals surface area contributed by atoms with Gasteiger partial charge in [-0.25, -0.2) is 8.42 Å². The van der Waals surface area contributed by atoms with Crippen LogP contribution in [-0.2, 0) is 14.6 Å². The first-order chi connectivity index (χ1) is 8.88. The Kier molecular flexibility index (Phi) is 4.87. The van der Waals surface area contributed by atoms with Crippen LogP contribution in [0.2, 0.25) is 0 Å². The minimum atomic E-state index is -2.91. The molecule has 4 unspecified atom stereocenters. The highest BCUT2D eigenvalue weighted by Gasteiger charge is 2.34. The van der Waals surface area contributed by atoms with Crippen LogP contribution in [0, 0.1) is 0 Å². The number of nitrogens with two attached hydrogens (primary N) is 1. The third-order valence-corrected chi connectivity index (χ3v) is 6.07. The fraction of sp³-hybridized carbons (Fsp3) is 1.00. The molecule has 4 atom stereocenters. The lowest BCUT2D eigenvalue weighted by Crippen LogP contribution is -2.54. The Morgan fingerprint density at radius 3 is 2.74 bits per heavy atom. The van der Waals surface area contributed by atoms with Crippen LogP contribution in [0.25, 0.3) is 0 Å². The molecule has 2 fully saturated rings. The fourth-order valence-corrected chi connectivity index (χ4v) is 4.35. The van der Waals surface area contributed by atoms with Crippen molar-refractivity contribution in [2.75, 3.05) is 26.0 Å². The van der Waals surface area contributed by atoms with Gasteiger partial charge in [0.05, 0.1) is 18.0 Å². The summed E-state index contributed by atoms with van der Waals surface area (Å²) < 4.78 is 29.1. The van der Waals surface area contributed by atoms with E-state index in [2.05, 4.69) is 4.90 Å². The molecule has 112 valence electrons. The van der Waals surface area contributed by atoms with E-state index in [0.29, 0.717) is 12.6 Å². The zero-order valence-electron chi connectivity index (χ0n) is 11.9. The number of hydrogen-bond acceptors (Lipinski definition) is 5. The fourth-order valence-electron chi connectivity index (χ4n) is 3.19. The average Bonchev–Trinajstić information content (AvgIpc) is 2.38. The SMILES string of the molecule is CC(N)C1CN(C2CCCC(S(C)(=O)=O)C2)CCO1. The Morgan fingerprint density at radius 1 is 1.37 bits per heavy atom. The summed E-state index contributed by atoms with van der Waals surface area (Å²) in [6.45, 7) is 4.39. The number of ether oxygens (including phenoxy) is 1. The highest BCUT2D eigenvalue weighted by atomic mass is 32.2. The van der Waals surface area contributed by atoms with Crippen molar-refractivity contribution in [2.45, 2.75) is 56.0 Å². The molecule has 0 spiro atoms. The largest absolute Gasteiger partial charge is 0.374 e. The van der Waals surface area contributed by atoms with Gasteiger partial charge >= 0.3 is 0 Å². The van der Waals surface area contributed by atoms with Crippen molar-refractivity contribution in [1.29, 1.82) is 0 Å². The molecule has 1 aliphatic carbocycles. The lowest BCUT2D eigenvalue weighted by atomic mass is 9.93. The first-order valence-corrected chi connectivity index (χ1v) is 9.13. The van der Waals surface area contributed by atoms with Gasteiger partial charge in [-0.3, -0.25) is 4.90 Å². The van der Waals surface area contributed by atoms with Gasteiger partial charge in [0.2, 0.25) is 0 Å². The predicted molar refractivity (Wildman–Crippen MR) is 75.9 cm³/mol. The van der Waals surface area contributed by atoms with Crippen LogP contribution < -0.4 is 5.73 Å². The average molecular weight is 290 g/mol. The molecule has 1 saturated heterocycles. The van der Waals surface area contributed by atoms with Crippen LogP contribution >= 0.6 is 0 Å². The third-order valence-electron chi connectivity index (χ3n) is 4.43. The van der Waals surface area contributed by atoms with Crippen LogP contribution in [-0.4, -0.2) is 62.7 Å². The summed E-state index contributed by atoms with van der Waals surface area (Å²) in [5.41, 5.74) is 5.91. The van der Waals surface area contributed by atoms with Gasteiger partial charge in [0.1, 0.15) is 9.84 Å². The molecule has 0 aromatic rings. The topological polar surface area (TPSA) is 72.6 Å². The second-order valence-corrected chi connectivity index (χ2v) is 8.36. The van der Waals surface area contributed by atoms with E-state index in [1.165, 1.54) is 6.26 Å². The number of morpholine rings is 1. The summed E-state index contributed by atoms with van der Waals surface area (Å²) >= 11 is 0. The maximum Gasteiger partial charge on any atom is 0.150 e. The second kappa shape index (κ2) is 6.08. The minimum absolute atomic E-state index is 0.0251. The van der Waals surface area contributed by atoms with Crippen molar-refractivity contribution in [2.24, 2.45) is 5.73 Å². The van der Waals surface area contributed by atoms with E-state index in [-0.39, 0.29) is 17.4 Å². The van der Waals surface area contributed by atoms with Crippen molar-refractivity contribution in [1.82, 2.24) is 4.90 Å². The van der Waals surface area contributed by atoms with E-state index >= 15 is 0 Å². The number of nitrogens with zero attached hydrogens (tertiary/aromatic N) is 1. The normalized spacial score (nSPS) is 36.1. The van der Waals surface area contributed by atoms with E-state index in [1.54, 1.807) is 0 Å². The van der Waals surface area contributed by atoms with Crippen molar-refractivity contribution < 1.29 is 13.2 Å². The van der Waals surface area contributed by atoms with Gasteiger partial charge < -0.3 is 10.5 Å². The van der Waals surface area contributed by atoms with Crippen LogP contribution in [0.15, 0.2) is 0 Å².